The van der Waals surface area contributed by atoms with Gasteiger partial charge in [-0.1, -0.05) is 167 Å². The van der Waals surface area contributed by atoms with Gasteiger partial charge in [-0.2, -0.15) is 0 Å². The highest BCUT2D eigenvalue weighted by molar-refractivity contribution is 7.27. The first-order valence-corrected chi connectivity index (χ1v) is 19.8. The quantitative estimate of drug-likeness (QED) is 0.176. The highest BCUT2D eigenvalue weighted by Crippen LogP contribution is 2.58. The van der Waals surface area contributed by atoms with Crippen LogP contribution in [0.4, 0.5) is 17.1 Å². The Morgan fingerprint density at radius 3 is 1.61 bits per heavy atom. The van der Waals surface area contributed by atoms with Gasteiger partial charge in [0.1, 0.15) is 0 Å². The van der Waals surface area contributed by atoms with E-state index in [1.165, 1.54) is 98.0 Å². The summed E-state index contributed by atoms with van der Waals surface area (Å²) < 4.78 is 2.69. The van der Waals surface area contributed by atoms with Gasteiger partial charge in [-0.3, -0.25) is 0 Å². The first kappa shape index (κ1) is 31.6. The van der Waals surface area contributed by atoms with E-state index in [0.29, 0.717) is 0 Å². The van der Waals surface area contributed by atoms with Crippen molar-refractivity contribution in [1.29, 1.82) is 0 Å². The Hall–Kier alpha value is -5.96. The van der Waals surface area contributed by atoms with Crippen LogP contribution in [0.5, 0.6) is 0 Å². The van der Waals surface area contributed by atoms with Crippen molar-refractivity contribution in [3.8, 4) is 33.4 Å². The lowest BCUT2D eigenvalue weighted by Crippen LogP contribution is -2.17. The van der Waals surface area contributed by atoms with Crippen LogP contribution >= 0.6 is 11.3 Å². The van der Waals surface area contributed by atoms with Crippen LogP contribution in [-0.2, 0) is 10.8 Å². The monoisotopic (exact) mass is 709 g/mol. The molecule has 0 saturated heterocycles. The molecule has 0 fully saturated rings. The predicted molar refractivity (Wildman–Crippen MR) is 232 cm³/mol. The van der Waals surface area contributed by atoms with Gasteiger partial charge in [0.05, 0.1) is 11.4 Å². The molecule has 2 aliphatic carbocycles. The molecule has 11 rings (SSSR count). The third-order valence-corrected chi connectivity index (χ3v) is 13.7. The Morgan fingerprint density at radius 1 is 0.407 bits per heavy atom. The Bertz CT molecular complexity index is 2910. The zero-order valence-corrected chi connectivity index (χ0v) is 31.8. The van der Waals surface area contributed by atoms with E-state index >= 15 is 0 Å². The first-order chi connectivity index (χ1) is 26.3. The average molecular weight is 710 g/mol. The van der Waals surface area contributed by atoms with E-state index in [1.54, 1.807) is 0 Å². The molecule has 0 amide bonds. The van der Waals surface area contributed by atoms with Gasteiger partial charge in [0.25, 0.3) is 0 Å². The van der Waals surface area contributed by atoms with Crippen LogP contribution < -0.4 is 4.90 Å². The molecule has 9 aromatic rings. The number of rotatable bonds is 4. The fourth-order valence-corrected chi connectivity index (χ4v) is 11.2. The van der Waals surface area contributed by atoms with Crippen LogP contribution in [0.25, 0.3) is 64.3 Å². The molecular weight excluding hydrogens is 671 g/mol. The first-order valence-electron chi connectivity index (χ1n) is 19.0. The second kappa shape index (κ2) is 11.3. The van der Waals surface area contributed by atoms with Crippen LogP contribution in [0.2, 0.25) is 0 Å². The SMILES string of the molecule is CC1(C)c2ccccc2-c2c(N(c3cccc(-c4cccc5c4sc4c6ccccc6ccc54)c3)c3cccc4c3-c3ccccc3C4(C)C)cccc21. The minimum Gasteiger partial charge on any atom is -0.309 e. The van der Waals surface area contributed by atoms with E-state index in [4.69, 9.17) is 0 Å². The van der Waals surface area contributed by atoms with Gasteiger partial charge in [-0.05, 0) is 79.5 Å². The smallest absolute Gasteiger partial charge is 0.0543 e. The molecule has 8 aromatic carbocycles. The van der Waals surface area contributed by atoms with Crippen molar-refractivity contribution < 1.29 is 0 Å². The van der Waals surface area contributed by atoms with E-state index in [-0.39, 0.29) is 10.8 Å². The Morgan fingerprint density at radius 2 is 0.926 bits per heavy atom. The molecule has 1 heterocycles. The lowest BCUT2D eigenvalue weighted by Gasteiger charge is -2.31. The molecule has 1 nitrogen and oxygen atoms in total. The van der Waals surface area contributed by atoms with Crippen LogP contribution in [0.1, 0.15) is 49.9 Å². The molecule has 258 valence electrons. The van der Waals surface area contributed by atoms with E-state index < -0.39 is 0 Å². The van der Waals surface area contributed by atoms with Crippen molar-refractivity contribution in [2.75, 3.05) is 4.90 Å². The summed E-state index contributed by atoms with van der Waals surface area (Å²) in [5.41, 5.74) is 16.7. The molecule has 0 saturated carbocycles. The summed E-state index contributed by atoms with van der Waals surface area (Å²) in [6, 6.07) is 61.4. The predicted octanol–water partition coefficient (Wildman–Crippen LogP) is 15.0. The van der Waals surface area contributed by atoms with Crippen LogP contribution in [0.3, 0.4) is 0 Å². The Balaban J connectivity index is 1.19. The van der Waals surface area contributed by atoms with Gasteiger partial charge >= 0.3 is 0 Å². The van der Waals surface area contributed by atoms with Crippen molar-refractivity contribution in [2.24, 2.45) is 0 Å². The highest BCUT2D eigenvalue weighted by Gasteiger charge is 2.40. The van der Waals surface area contributed by atoms with Crippen LogP contribution in [0.15, 0.2) is 164 Å². The zero-order chi connectivity index (χ0) is 36.3. The Labute approximate surface area is 320 Å². The summed E-state index contributed by atoms with van der Waals surface area (Å²) >= 11 is 1.92. The molecule has 0 unspecified atom stereocenters. The number of nitrogens with zero attached hydrogens (tertiary/aromatic N) is 1. The second-order valence-corrected chi connectivity index (χ2v) is 17.1. The van der Waals surface area contributed by atoms with Gasteiger partial charge in [-0.25, -0.2) is 0 Å². The summed E-state index contributed by atoms with van der Waals surface area (Å²) in [7, 11) is 0. The van der Waals surface area contributed by atoms with Gasteiger partial charge in [0.15, 0.2) is 0 Å². The topological polar surface area (TPSA) is 3.24 Å². The average Bonchev–Trinajstić information content (AvgIpc) is 3.79. The normalized spacial score (nSPS) is 14.6. The second-order valence-electron chi connectivity index (χ2n) is 16.1. The minimum atomic E-state index is -0.107. The van der Waals surface area contributed by atoms with Crippen molar-refractivity contribution >= 4 is 59.3 Å². The van der Waals surface area contributed by atoms with Gasteiger partial charge < -0.3 is 4.90 Å². The molecule has 0 radical (unpaired) electrons. The van der Waals surface area contributed by atoms with E-state index in [2.05, 4.69) is 196 Å². The largest absolute Gasteiger partial charge is 0.309 e. The zero-order valence-electron chi connectivity index (χ0n) is 30.9. The van der Waals surface area contributed by atoms with Crippen molar-refractivity contribution in [3.05, 3.63) is 186 Å². The number of thiophene rings is 1. The number of hydrogen-bond donors (Lipinski definition) is 0. The maximum absolute atomic E-state index is 2.57. The van der Waals surface area contributed by atoms with Crippen molar-refractivity contribution in [3.63, 3.8) is 0 Å². The summed E-state index contributed by atoms with van der Waals surface area (Å²) in [6.45, 7) is 9.50. The number of benzene rings is 8. The summed E-state index contributed by atoms with van der Waals surface area (Å²) in [5, 5.41) is 5.26. The molecule has 0 spiro atoms. The minimum absolute atomic E-state index is 0.107. The van der Waals surface area contributed by atoms with Crippen LogP contribution in [-0.4, -0.2) is 0 Å². The van der Waals surface area contributed by atoms with E-state index in [9.17, 15) is 0 Å². The molecule has 1 aromatic heterocycles. The van der Waals surface area contributed by atoms with Gasteiger partial charge in [-0.15, -0.1) is 11.3 Å². The number of fused-ring (bicyclic) bond motifs is 11. The third kappa shape index (κ3) is 4.26. The van der Waals surface area contributed by atoms with Gasteiger partial charge in [0, 0.05) is 47.8 Å². The molecule has 2 heteroatoms. The molecular formula is C52H39NS. The lowest BCUT2D eigenvalue weighted by molar-refractivity contribution is 0.660. The molecule has 2 aliphatic rings. The fraction of sp³-hybridized carbons (Fsp3) is 0.115. The third-order valence-electron chi connectivity index (χ3n) is 12.5. The fourth-order valence-electron chi connectivity index (χ4n) is 9.82. The van der Waals surface area contributed by atoms with Gasteiger partial charge in [0.2, 0.25) is 0 Å². The van der Waals surface area contributed by atoms with Crippen molar-refractivity contribution in [1.82, 2.24) is 0 Å². The lowest BCUT2D eigenvalue weighted by atomic mass is 9.82. The van der Waals surface area contributed by atoms with Crippen LogP contribution in [0, 0.1) is 0 Å². The molecule has 0 atom stereocenters. The molecule has 0 bridgehead atoms. The summed E-state index contributed by atoms with van der Waals surface area (Å²) in [4.78, 5) is 2.57. The molecule has 0 N–H and O–H groups in total. The van der Waals surface area contributed by atoms with E-state index in [0.717, 1.165) is 5.69 Å². The molecule has 0 aliphatic heterocycles. The number of anilines is 3. The standard InChI is InChI=1S/C52H39NS/c1-51(2)41-23-9-7-19-39(41)47-43(51)25-13-27-45(47)53(46-28-14-26-44-48(46)40-20-8-10-24-42(40)52(44,3)4)34-17-11-16-33(31-34)36-21-12-22-37-38-30-29-32-15-5-6-18-35(32)49(38)54-50(36)37/h5-31H,1-4H3. The highest BCUT2D eigenvalue weighted by atomic mass is 32.1. The maximum atomic E-state index is 2.57. The van der Waals surface area contributed by atoms with Crippen molar-refractivity contribution in [2.45, 2.75) is 38.5 Å². The summed E-state index contributed by atoms with van der Waals surface area (Å²) in [5.74, 6) is 0. The van der Waals surface area contributed by atoms with E-state index in [1.807, 2.05) is 11.3 Å². The Kier molecular flexibility index (Phi) is 6.59. The number of hydrogen-bond acceptors (Lipinski definition) is 2. The summed E-state index contributed by atoms with van der Waals surface area (Å²) in [6.07, 6.45) is 0. The molecule has 54 heavy (non-hydrogen) atoms. The maximum Gasteiger partial charge on any atom is 0.0543 e.